The lowest BCUT2D eigenvalue weighted by Crippen LogP contribution is -2.36. The van der Waals surface area contributed by atoms with Gasteiger partial charge < -0.3 is 22.1 Å². The Kier molecular flexibility index (Phi) is 6.41. The van der Waals surface area contributed by atoms with Crippen LogP contribution in [0.4, 0.5) is 0 Å². The van der Waals surface area contributed by atoms with Gasteiger partial charge in [0.25, 0.3) is 0 Å². The second-order valence-electron chi connectivity index (χ2n) is 1.94. The summed E-state index contributed by atoms with van der Waals surface area (Å²) in [7, 11) is 0. The highest BCUT2D eigenvalue weighted by Gasteiger charge is 2.10. The summed E-state index contributed by atoms with van der Waals surface area (Å²) in [6, 6.07) is -0.837. The smallest absolute Gasteiger partial charge is 0.303 e. The Morgan fingerprint density at radius 2 is 1.91 bits per heavy atom. The second kappa shape index (κ2) is 5.63. The molecule has 0 saturated heterocycles. The third kappa shape index (κ3) is 6.75. The van der Waals surface area contributed by atoms with Gasteiger partial charge in [-0.25, -0.2) is 0 Å². The molecule has 0 aromatic carbocycles. The third-order valence-electron chi connectivity index (χ3n) is 1.03. The van der Waals surface area contributed by atoms with Gasteiger partial charge in [0, 0.05) is 6.42 Å². The van der Waals surface area contributed by atoms with Gasteiger partial charge in [-0.3, -0.25) is 9.59 Å². The van der Waals surface area contributed by atoms with E-state index < -0.39 is 17.9 Å². The van der Waals surface area contributed by atoms with Crippen molar-refractivity contribution in [1.82, 2.24) is 0 Å². The number of hydrogen-bond donors (Lipinski definition) is 3. The molecule has 6 nitrogen and oxygen atoms in total. The first-order valence-corrected chi connectivity index (χ1v) is 2.80. The highest BCUT2D eigenvalue weighted by molar-refractivity contribution is 5.80. The SMILES string of the molecule is NC(=O)[C@@H](N)CCC(=O)O.O. The highest BCUT2D eigenvalue weighted by atomic mass is 16.4. The predicted octanol–water partition coefficient (Wildman–Crippen LogP) is -2.16. The summed E-state index contributed by atoms with van der Waals surface area (Å²) in [5.74, 6) is -1.64. The molecule has 0 heterocycles. The number of carboxylic acid groups (broad SMARTS) is 1. The molecule has 11 heavy (non-hydrogen) atoms. The van der Waals surface area contributed by atoms with E-state index in [-0.39, 0.29) is 18.3 Å². The zero-order valence-corrected chi connectivity index (χ0v) is 5.91. The van der Waals surface area contributed by atoms with Crippen LogP contribution in [0.25, 0.3) is 0 Å². The minimum Gasteiger partial charge on any atom is -0.481 e. The molecular weight excluding hydrogens is 152 g/mol. The van der Waals surface area contributed by atoms with Gasteiger partial charge in [0.1, 0.15) is 0 Å². The Bertz CT molecular complexity index is 147. The summed E-state index contributed by atoms with van der Waals surface area (Å²) in [5.41, 5.74) is 9.89. The lowest BCUT2D eigenvalue weighted by atomic mass is 10.1. The summed E-state index contributed by atoms with van der Waals surface area (Å²) in [6.07, 6.45) is -0.0191. The molecule has 1 amide bonds. The molecule has 0 bridgehead atoms. The number of amides is 1. The average molecular weight is 164 g/mol. The lowest BCUT2D eigenvalue weighted by molar-refractivity contribution is -0.137. The number of hydrogen-bond acceptors (Lipinski definition) is 3. The number of carboxylic acids is 1. The molecule has 6 heteroatoms. The zero-order valence-electron chi connectivity index (χ0n) is 5.91. The zero-order chi connectivity index (χ0) is 8.15. The van der Waals surface area contributed by atoms with Crippen LogP contribution in [0.3, 0.4) is 0 Å². The average Bonchev–Trinajstić information content (AvgIpc) is 1.82. The van der Waals surface area contributed by atoms with E-state index in [1.165, 1.54) is 0 Å². The molecule has 0 fully saturated rings. The van der Waals surface area contributed by atoms with Gasteiger partial charge in [-0.1, -0.05) is 0 Å². The number of aliphatic carboxylic acids is 1. The number of carbonyl (C=O) groups excluding carboxylic acids is 1. The fourth-order valence-corrected chi connectivity index (χ4v) is 0.421. The van der Waals surface area contributed by atoms with Crippen LogP contribution in [0, 0.1) is 0 Å². The summed E-state index contributed by atoms with van der Waals surface area (Å²) >= 11 is 0. The van der Waals surface area contributed by atoms with E-state index in [0.717, 1.165) is 0 Å². The molecule has 0 aromatic heterocycles. The van der Waals surface area contributed by atoms with Gasteiger partial charge in [0.05, 0.1) is 6.04 Å². The number of primary amides is 1. The largest absolute Gasteiger partial charge is 0.481 e. The molecule has 66 valence electrons. The van der Waals surface area contributed by atoms with Crippen LogP contribution in [-0.4, -0.2) is 28.5 Å². The van der Waals surface area contributed by atoms with Crippen LogP contribution in [-0.2, 0) is 9.59 Å². The van der Waals surface area contributed by atoms with Crippen molar-refractivity contribution in [2.75, 3.05) is 0 Å². The number of nitrogens with two attached hydrogens (primary N) is 2. The molecule has 0 aliphatic carbocycles. The van der Waals surface area contributed by atoms with E-state index in [1.54, 1.807) is 0 Å². The molecule has 0 unspecified atom stereocenters. The molecule has 0 radical (unpaired) electrons. The third-order valence-corrected chi connectivity index (χ3v) is 1.03. The van der Waals surface area contributed by atoms with Gasteiger partial charge in [-0.2, -0.15) is 0 Å². The van der Waals surface area contributed by atoms with Gasteiger partial charge in [0.2, 0.25) is 5.91 Å². The summed E-state index contributed by atoms with van der Waals surface area (Å²) in [4.78, 5) is 20.1. The molecule has 7 N–H and O–H groups in total. The van der Waals surface area contributed by atoms with E-state index >= 15 is 0 Å². The first-order chi connectivity index (χ1) is 4.54. The molecule has 0 saturated carbocycles. The van der Waals surface area contributed by atoms with Crippen LogP contribution in [0.15, 0.2) is 0 Å². The molecule has 0 rings (SSSR count). The minimum absolute atomic E-state index is 0. The Morgan fingerprint density at radius 3 is 2.18 bits per heavy atom. The van der Waals surface area contributed by atoms with E-state index in [2.05, 4.69) is 0 Å². The standard InChI is InChI=1S/C5H10N2O3.H2O/c6-3(5(7)10)1-2-4(8)9;/h3H,1-2,6H2,(H2,7,10)(H,8,9);1H2/t3-;/m0./s1. The molecule has 0 aromatic rings. The van der Waals surface area contributed by atoms with Crippen LogP contribution in [0.2, 0.25) is 0 Å². The quantitative estimate of drug-likeness (QED) is 0.435. The molecule has 0 aliphatic heterocycles. The Balaban J connectivity index is 0. The van der Waals surface area contributed by atoms with Crippen molar-refractivity contribution < 1.29 is 20.2 Å². The van der Waals surface area contributed by atoms with Crippen LogP contribution >= 0.6 is 0 Å². The van der Waals surface area contributed by atoms with Crippen molar-refractivity contribution in [2.24, 2.45) is 11.5 Å². The van der Waals surface area contributed by atoms with Crippen molar-refractivity contribution in [2.45, 2.75) is 18.9 Å². The van der Waals surface area contributed by atoms with Crippen LogP contribution in [0.1, 0.15) is 12.8 Å². The first-order valence-electron chi connectivity index (χ1n) is 2.80. The van der Waals surface area contributed by atoms with Gasteiger partial charge >= 0.3 is 5.97 Å². The van der Waals surface area contributed by atoms with E-state index in [0.29, 0.717) is 0 Å². The normalized spacial score (nSPS) is 11.4. The number of carbonyl (C=O) groups is 2. The fourth-order valence-electron chi connectivity index (χ4n) is 0.421. The van der Waals surface area contributed by atoms with Crippen molar-refractivity contribution >= 4 is 11.9 Å². The maximum atomic E-state index is 10.2. The van der Waals surface area contributed by atoms with Gasteiger partial charge in [-0.05, 0) is 6.42 Å². The van der Waals surface area contributed by atoms with Crippen molar-refractivity contribution in [1.29, 1.82) is 0 Å². The Morgan fingerprint density at radius 1 is 1.45 bits per heavy atom. The van der Waals surface area contributed by atoms with Gasteiger partial charge in [-0.15, -0.1) is 0 Å². The van der Waals surface area contributed by atoms with Crippen molar-refractivity contribution in [3.05, 3.63) is 0 Å². The maximum absolute atomic E-state index is 10.2. The van der Waals surface area contributed by atoms with Crippen molar-refractivity contribution in [3.63, 3.8) is 0 Å². The number of rotatable bonds is 4. The lowest BCUT2D eigenvalue weighted by Gasteiger charge is -2.02. The monoisotopic (exact) mass is 164 g/mol. The second-order valence-corrected chi connectivity index (χ2v) is 1.94. The highest BCUT2D eigenvalue weighted by Crippen LogP contribution is 1.92. The summed E-state index contributed by atoms with van der Waals surface area (Å²) < 4.78 is 0. The molecular formula is C5H12N2O4. The molecule has 1 atom stereocenters. The van der Waals surface area contributed by atoms with Crippen LogP contribution < -0.4 is 11.5 Å². The van der Waals surface area contributed by atoms with E-state index in [9.17, 15) is 9.59 Å². The summed E-state index contributed by atoms with van der Waals surface area (Å²) in [5, 5.41) is 8.14. The Hall–Kier alpha value is -1.14. The summed E-state index contributed by atoms with van der Waals surface area (Å²) in [6.45, 7) is 0. The van der Waals surface area contributed by atoms with Gasteiger partial charge in [0.15, 0.2) is 0 Å². The minimum atomic E-state index is -0.975. The molecule has 0 aliphatic rings. The maximum Gasteiger partial charge on any atom is 0.303 e. The van der Waals surface area contributed by atoms with E-state index in [1.807, 2.05) is 0 Å². The predicted molar refractivity (Wildman–Crippen MR) is 37.7 cm³/mol. The fraction of sp³-hybridized carbons (Fsp3) is 0.600. The molecule has 0 spiro atoms. The van der Waals surface area contributed by atoms with Crippen LogP contribution in [0.5, 0.6) is 0 Å². The first kappa shape index (κ1) is 12.5. The topological polar surface area (TPSA) is 138 Å². The van der Waals surface area contributed by atoms with Crippen molar-refractivity contribution in [3.8, 4) is 0 Å². The Labute approximate surface area is 63.5 Å². The van der Waals surface area contributed by atoms with E-state index in [4.69, 9.17) is 16.6 Å².